The molecule has 5 rings (SSSR count). The molecule has 2 heterocycles. The second kappa shape index (κ2) is 7.80. The summed E-state index contributed by atoms with van der Waals surface area (Å²) in [6.45, 7) is 3.10. The van der Waals surface area contributed by atoms with Crippen molar-refractivity contribution < 1.29 is 14.3 Å². The van der Waals surface area contributed by atoms with Crippen LogP contribution in [0, 0.1) is 0 Å². The van der Waals surface area contributed by atoms with Crippen molar-refractivity contribution in [3.8, 4) is 11.5 Å². The molecule has 0 saturated heterocycles. The van der Waals surface area contributed by atoms with Crippen molar-refractivity contribution in [3.63, 3.8) is 0 Å². The van der Waals surface area contributed by atoms with E-state index in [0.29, 0.717) is 29.7 Å². The summed E-state index contributed by atoms with van der Waals surface area (Å²) < 4.78 is 13.1. The first-order valence-electron chi connectivity index (χ1n) is 10.3. The zero-order chi connectivity index (χ0) is 21.4. The number of hydrogen-bond donors (Lipinski definition) is 1. The number of hydrogen-bond acceptors (Lipinski definition) is 4. The van der Waals surface area contributed by atoms with Gasteiger partial charge in [0.05, 0.1) is 17.1 Å². The van der Waals surface area contributed by atoms with Crippen LogP contribution in [0.5, 0.6) is 11.5 Å². The first-order valence-corrected chi connectivity index (χ1v) is 10.3. The number of nitrogens with one attached hydrogen (secondary N) is 1. The lowest BCUT2D eigenvalue weighted by Crippen LogP contribution is -2.31. The first kappa shape index (κ1) is 19.2. The number of aromatic nitrogens is 1. The number of para-hydroxylation sites is 2. The number of pyridine rings is 1. The summed E-state index contributed by atoms with van der Waals surface area (Å²) in [5.74, 6) is 1.28. The molecule has 4 aromatic rings. The largest absolute Gasteiger partial charge is 0.486 e. The zero-order valence-corrected chi connectivity index (χ0v) is 17.1. The maximum absolute atomic E-state index is 13.0. The van der Waals surface area contributed by atoms with Crippen LogP contribution in [0.3, 0.4) is 0 Å². The van der Waals surface area contributed by atoms with E-state index in [1.165, 1.54) is 0 Å². The number of carbonyl (C=O) groups is 1. The van der Waals surface area contributed by atoms with Crippen molar-refractivity contribution in [3.05, 3.63) is 82.5 Å². The highest BCUT2D eigenvalue weighted by Gasteiger charge is 2.17. The molecule has 3 aromatic carbocycles. The third-order valence-electron chi connectivity index (χ3n) is 5.62. The number of benzene rings is 3. The molecule has 0 fully saturated rings. The highest BCUT2D eigenvalue weighted by molar-refractivity contribution is 5.94. The average molecular weight is 414 g/mol. The molecule has 1 N–H and O–H groups in total. The molecule has 0 radical (unpaired) electrons. The first-order chi connectivity index (χ1) is 15.1. The molecule has 0 saturated carbocycles. The van der Waals surface area contributed by atoms with Crippen LogP contribution in [0.4, 0.5) is 0 Å². The normalized spacial score (nSPS) is 13.8. The SMILES string of the molecule is CC(NC(=O)Cn1c2ccccc2c(=O)c2ccccc21)c1ccc2c(c1)OCCO2. The fourth-order valence-electron chi connectivity index (χ4n) is 4.09. The molecule has 0 bridgehead atoms. The Hall–Kier alpha value is -3.80. The number of ether oxygens (including phenoxy) is 2. The number of rotatable bonds is 4. The number of amides is 1. The molecular weight excluding hydrogens is 392 g/mol. The summed E-state index contributed by atoms with van der Waals surface area (Å²) in [4.78, 5) is 25.9. The summed E-state index contributed by atoms with van der Waals surface area (Å²) in [7, 11) is 0. The third-order valence-corrected chi connectivity index (χ3v) is 5.62. The predicted octanol–water partition coefficient (Wildman–Crippen LogP) is 3.80. The number of carbonyl (C=O) groups excluding carboxylic acids is 1. The van der Waals surface area contributed by atoms with Gasteiger partial charge in [-0.1, -0.05) is 30.3 Å². The summed E-state index contributed by atoms with van der Waals surface area (Å²) in [6, 6.07) is 20.3. The lowest BCUT2D eigenvalue weighted by molar-refractivity contribution is -0.122. The molecule has 0 aliphatic carbocycles. The van der Waals surface area contributed by atoms with Crippen LogP contribution in [0.15, 0.2) is 71.5 Å². The predicted molar refractivity (Wildman–Crippen MR) is 120 cm³/mol. The van der Waals surface area contributed by atoms with Gasteiger partial charge in [-0.3, -0.25) is 9.59 Å². The Labute approximate surface area is 179 Å². The minimum atomic E-state index is -0.208. The second-order valence-electron chi connectivity index (χ2n) is 7.64. The molecule has 6 nitrogen and oxygen atoms in total. The van der Waals surface area contributed by atoms with Crippen LogP contribution in [-0.4, -0.2) is 23.7 Å². The van der Waals surface area contributed by atoms with Crippen molar-refractivity contribution in [1.82, 2.24) is 9.88 Å². The van der Waals surface area contributed by atoms with Gasteiger partial charge in [0, 0.05) is 10.8 Å². The smallest absolute Gasteiger partial charge is 0.240 e. The highest BCUT2D eigenvalue weighted by Crippen LogP contribution is 2.32. The van der Waals surface area contributed by atoms with Gasteiger partial charge in [0.15, 0.2) is 16.9 Å². The fraction of sp³-hybridized carbons (Fsp3) is 0.200. The van der Waals surface area contributed by atoms with Gasteiger partial charge < -0.3 is 19.4 Å². The van der Waals surface area contributed by atoms with E-state index >= 15 is 0 Å². The monoisotopic (exact) mass is 414 g/mol. The minimum Gasteiger partial charge on any atom is -0.486 e. The molecule has 6 heteroatoms. The van der Waals surface area contributed by atoms with E-state index in [2.05, 4.69) is 5.32 Å². The van der Waals surface area contributed by atoms with Crippen LogP contribution in [0.2, 0.25) is 0 Å². The minimum absolute atomic E-state index is 0.0208. The average Bonchev–Trinajstić information content (AvgIpc) is 2.81. The Morgan fingerprint density at radius 3 is 2.23 bits per heavy atom. The lowest BCUT2D eigenvalue weighted by atomic mass is 10.1. The van der Waals surface area contributed by atoms with Crippen molar-refractivity contribution in [1.29, 1.82) is 0 Å². The van der Waals surface area contributed by atoms with Crippen LogP contribution < -0.4 is 20.2 Å². The molecule has 31 heavy (non-hydrogen) atoms. The molecular formula is C25H22N2O4. The van der Waals surface area contributed by atoms with Gasteiger partial charge in [-0.25, -0.2) is 0 Å². The summed E-state index contributed by atoms with van der Waals surface area (Å²) in [5, 5.41) is 4.27. The summed E-state index contributed by atoms with van der Waals surface area (Å²) in [6.07, 6.45) is 0. The molecule has 1 unspecified atom stereocenters. The fourth-order valence-corrected chi connectivity index (χ4v) is 4.09. The molecule has 1 atom stereocenters. The Morgan fingerprint density at radius 2 is 1.55 bits per heavy atom. The second-order valence-corrected chi connectivity index (χ2v) is 7.64. The quantitative estimate of drug-likeness (QED) is 0.516. The van der Waals surface area contributed by atoms with Gasteiger partial charge in [-0.2, -0.15) is 0 Å². The lowest BCUT2D eigenvalue weighted by Gasteiger charge is -2.21. The van der Waals surface area contributed by atoms with E-state index in [1.807, 2.05) is 66.1 Å². The van der Waals surface area contributed by atoms with E-state index in [1.54, 1.807) is 12.1 Å². The molecule has 1 amide bonds. The Kier molecular flexibility index (Phi) is 4.82. The standard InChI is InChI=1S/C25H22N2O4/c1-16(17-10-11-22-23(14-17)31-13-12-30-22)26-24(28)15-27-20-8-4-2-6-18(20)25(29)19-7-3-5-9-21(19)27/h2-11,14,16H,12-13,15H2,1H3,(H,26,28). The van der Waals surface area contributed by atoms with Crippen LogP contribution in [0.25, 0.3) is 21.8 Å². The van der Waals surface area contributed by atoms with Crippen molar-refractivity contribution in [2.75, 3.05) is 13.2 Å². The van der Waals surface area contributed by atoms with E-state index in [9.17, 15) is 9.59 Å². The van der Waals surface area contributed by atoms with Gasteiger partial charge in [0.1, 0.15) is 19.8 Å². The van der Waals surface area contributed by atoms with Gasteiger partial charge in [0.25, 0.3) is 0 Å². The van der Waals surface area contributed by atoms with Gasteiger partial charge in [-0.15, -0.1) is 0 Å². The van der Waals surface area contributed by atoms with E-state index in [0.717, 1.165) is 22.3 Å². The van der Waals surface area contributed by atoms with Gasteiger partial charge >= 0.3 is 0 Å². The molecule has 0 spiro atoms. The van der Waals surface area contributed by atoms with E-state index in [-0.39, 0.29) is 23.9 Å². The van der Waals surface area contributed by atoms with E-state index in [4.69, 9.17) is 9.47 Å². The van der Waals surface area contributed by atoms with E-state index < -0.39 is 0 Å². The summed E-state index contributed by atoms with van der Waals surface area (Å²) in [5.41, 5.74) is 2.40. The molecule has 1 aromatic heterocycles. The Morgan fingerprint density at radius 1 is 0.935 bits per heavy atom. The third kappa shape index (κ3) is 3.50. The topological polar surface area (TPSA) is 69.6 Å². The summed E-state index contributed by atoms with van der Waals surface area (Å²) >= 11 is 0. The number of nitrogens with zero attached hydrogens (tertiary/aromatic N) is 1. The highest BCUT2D eigenvalue weighted by atomic mass is 16.6. The maximum Gasteiger partial charge on any atom is 0.240 e. The van der Waals surface area contributed by atoms with Crippen molar-refractivity contribution >= 4 is 27.7 Å². The molecule has 1 aliphatic heterocycles. The van der Waals surface area contributed by atoms with Crippen LogP contribution in [-0.2, 0) is 11.3 Å². The number of fused-ring (bicyclic) bond motifs is 3. The van der Waals surface area contributed by atoms with Crippen molar-refractivity contribution in [2.45, 2.75) is 19.5 Å². The van der Waals surface area contributed by atoms with Crippen LogP contribution in [0.1, 0.15) is 18.5 Å². The Bertz CT molecular complexity index is 1300. The van der Waals surface area contributed by atoms with Gasteiger partial charge in [0.2, 0.25) is 5.91 Å². The molecule has 1 aliphatic rings. The molecule has 156 valence electrons. The maximum atomic E-state index is 13.0. The van der Waals surface area contributed by atoms with Crippen LogP contribution >= 0.6 is 0 Å². The zero-order valence-electron chi connectivity index (χ0n) is 17.1. The van der Waals surface area contributed by atoms with Gasteiger partial charge in [-0.05, 0) is 48.9 Å². The van der Waals surface area contributed by atoms with Crippen molar-refractivity contribution in [2.24, 2.45) is 0 Å². The Balaban J connectivity index is 1.45.